The van der Waals surface area contributed by atoms with Gasteiger partial charge in [-0.3, -0.25) is 0 Å². The van der Waals surface area contributed by atoms with E-state index in [2.05, 4.69) is 369 Å². The Bertz CT molecular complexity index is 5780. The van der Waals surface area contributed by atoms with Crippen LogP contribution in [0.1, 0.15) is 67.5 Å². The molecule has 0 saturated carbocycles. The van der Waals surface area contributed by atoms with Crippen molar-refractivity contribution in [3.05, 3.63) is 362 Å². The summed E-state index contributed by atoms with van der Waals surface area (Å²) in [7, 11) is 0. The maximum absolute atomic E-state index is 4.02. The highest BCUT2D eigenvalue weighted by atomic mass is 15.2. The molecule has 4 nitrogen and oxygen atoms in total. The molecule has 3 aliphatic carbocycles. The number of hydrogen-bond acceptors (Lipinski definition) is 2. The van der Waals surface area contributed by atoms with Gasteiger partial charge in [-0.05, 0) is 217 Å². The quantitative estimate of drug-likeness (QED) is 0.114. The molecule has 98 heavy (non-hydrogen) atoms. The van der Waals surface area contributed by atoms with Crippen LogP contribution >= 0.6 is 0 Å². The highest BCUT2D eigenvalue weighted by Gasteiger charge is 2.41. The number of benzene rings is 13. The molecule has 0 fully saturated rings. The number of rotatable bonds is 13. The van der Waals surface area contributed by atoms with Crippen molar-refractivity contribution in [2.24, 2.45) is 0 Å². The van der Waals surface area contributed by atoms with E-state index < -0.39 is 0 Å². The summed E-state index contributed by atoms with van der Waals surface area (Å²) in [6.45, 7) is 17.6. The molecule has 2 aromatic heterocycles. The van der Waals surface area contributed by atoms with Gasteiger partial charge in [0.25, 0.3) is 0 Å². The van der Waals surface area contributed by atoms with Crippen LogP contribution in [-0.2, 0) is 10.8 Å². The van der Waals surface area contributed by atoms with Gasteiger partial charge >= 0.3 is 0 Å². The van der Waals surface area contributed by atoms with Gasteiger partial charge in [-0.2, -0.15) is 0 Å². The lowest BCUT2D eigenvalue weighted by atomic mass is 9.77. The van der Waals surface area contributed by atoms with Crippen LogP contribution in [-0.4, -0.2) is 15.2 Å². The van der Waals surface area contributed by atoms with E-state index in [-0.39, 0.29) is 16.9 Å². The molecule has 4 heteroatoms. The van der Waals surface area contributed by atoms with Crippen molar-refractivity contribution in [3.8, 4) is 55.9 Å². The van der Waals surface area contributed by atoms with E-state index in [1.807, 2.05) is 12.2 Å². The summed E-state index contributed by atoms with van der Waals surface area (Å²) in [5.41, 5.74) is 32.3. The van der Waals surface area contributed by atoms with Gasteiger partial charge in [-0.25, -0.2) is 0 Å². The molecular formula is C94H72N4. The summed E-state index contributed by atoms with van der Waals surface area (Å²) in [6.07, 6.45) is 9.57. The largest absolute Gasteiger partial charge is 0.334 e. The molecule has 3 aliphatic rings. The van der Waals surface area contributed by atoms with Crippen LogP contribution in [0.3, 0.4) is 0 Å². The molecule has 1 atom stereocenters. The van der Waals surface area contributed by atoms with Gasteiger partial charge in [0.15, 0.2) is 0 Å². The van der Waals surface area contributed by atoms with Crippen LogP contribution < -0.4 is 9.80 Å². The second kappa shape index (κ2) is 22.9. The zero-order valence-corrected chi connectivity index (χ0v) is 55.6. The fraction of sp³-hybridized carbons (Fsp3) is 0.0851. The zero-order chi connectivity index (χ0) is 66.0. The minimum absolute atomic E-state index is 0.0437. The fourth-order valence-electron chi connectivity index (χ4n) is 16.6. The summed E-state index contributed by atoms with van der Waals surface area (Å²) < 4.78 is 4.84. The third-order valence-electron chi connectivity index (χ3n) is 21.7. The van der Waals surface area contributed by atoms with Crippen molar-refractivity contribution in [3.63, 3.8) is 0 Å². The zero-order valence-electron chi connectivity index (χ0n) is 55.6. The first-order valence-electron chi connectivity index (χ1n) is 34.3. The highest BCUT2D eigenvalue weighted by molar-refractivity contribution is 6.13. The van der Waals surface area contributed by atoms with Crippen LogP contribution in [0.25, 0.3) is 117 Å². The first-order chi connectivity index (χ1) is 48.0. The third kappa shape index (κ3) is 9.41. The van der Waals surface area contributed by atoms with E-state index >= 15 is 0 Å². The molecule has 0 amide bonds. The van der Waals surface area contributed by atoms with Crippen molar-refractivity contribution in [1.82, 2.24) is 9.13 Å². The van der Waals surface area contributed by atoms with E-state index in [4.69, 9.17) is 0 Å². The monoisotopic (exact) mass is 1260 g/mol. The molecule has 2 heterocycles. The van der Waals surface area contributed by atoms with Crippen LogP contribution in [0, 0.1) is 0 Å². The van der Waals surface area contributed by atoms with Gasteiger partial charge in [-0.15, -0.1) is 0 Å². The molecule has 18 rings (SSSR count). The maximum atomic E-state index is 4.02. The Hall–Kier alpha value is -12.0. The SMILES string of the molecule is C=Cc1ccc(-c2ccc3c(c2)c2cc(N(c4ccc(-c5ccc(N(c6ccc7c(c6)c6cc(-c8ccc(C=C)cc8)ccc6n7-c6ccccc6)C6C=CC7=C(C6)C(C)(C)c6ccccc67)cc5)cc4)c4ccc5c(c4)C(C)(C)c4ccccc4-5)ccc2n3-c2ccccc2)cc1. The molecule has 13 aromatic carbocycles. The third-order valence-corrected chi connectivity index (χ3v) is 21.7. The molecule has 0 aliphatic heterocycles. The van der Waals surface area contributed by atoms with Gasteiger partial charge < -0.3 is 18.9 Å². The lowest BCUT2D eigenvalue weighted by Gasteiger charge is -2.37. The highest BCUT2D eigenvalue weighted by Crippen LogP contribution is 2.54. The topological polar surface area (TPSA) is 16.3 Å². The Balaban J connectivity index is 0.753. The van der Waals surface area contributed by atoms with Crippen molar-refractivity contribution in [2.75, 3.05) is 9.80 Å². The van der Waals surface area contributed by atoms with E-state index in [0.717, 1.165) is 79.5 Å². The molecule has 0 bridgehead atoms. The van der Waals surface area contributed by atoms with Crippen molar-refractivity contribution in [2.45, 2.75) is 51.0 Å². The summed E-state index contributed by atoms with van der Waals surface area (Å²) >= 11 is 0. The number of para-hydroxylation sites is 2. The average molecular weight is 1260 g/mol. The second-order valence-corrected chi connectivity index (χ2v) is 27.8. The smallest absolute Gasteiger partial charge is 0.0563 e. The number of aromatic nitrogens is 2. The molecule has 0 N–H and O–H groups in total. The van der Waals surface area contributed by atoms with Gasteiger partial charge in [0.2, 0.25) is 0 Å². The maximum Gasteiger partial charge on any atom is 0.0563 e. The van der Waals surface area contributed by atoms with Gasteiger partial charge in [-0.1, -0.05) is 241 Å². The van der Waals surface area contributed by atoms with E-state index in [1.165, 1.54) is 99.4 Å². The Morgan fingerprint density at radius 2 is 0.745 bits per heavy atom. The predicted octanol–water partition coefficient (Wildman–Crippen LogP) is 25.2. The standard InChI is InChI=1S/C94H72N4/c1-7-61-27-31-65(32-28-61)67-39-51-89-81(55-67)83-57-73(47-53-91(83)97(89)69-19-11-9-12-20-69)95(75-45-49-79-77-23-15-17-25-85(77)93(3,4)87(79)59-75)71-41-35-63(36-42-71)64-37-43-72(44-38-64)96(76-46-50-80-78-24-16-18-26-86(78)94(5,6)88(80)60-76)74-48-54-92-84(58-74)82-56-68(66-33-29-62(8-2)30-34-66)40-52-90(82)98(92)70-21-13-10-14-22-70/h7-59,76H,1-2,60H2,3-6H3. The van der Waals surface area contributed by atoms with Crippen LogP contribution in [0.5, 0.6) is 0 Å². The summed E-state index contributed by atoms with van der Waals surface area (Å²) in [4.78, 5) is 5.06. The Kier molecular flexibility index (Phi) is 13.7. The minimum Gasteiger partial charge on any atom is -0.334 e. The molecule has 0 radical (unpaired) electrons. The molecule has 15 aromatic rings. The van der Waals surface area contributed by atoms with E-state index in [0.29, 0.717) is 0 Å². The Labute approximate surface area is 573 Å². The number of allylic oxidation sites excluding steroid dienone is 2. The van der Waals surface area contributed by atoms with E-state index in [9.17, 15) is 0 Å². The molecule has 468 valence electrons. The van der Waals surface area contributed by atoms with Crippen LogP contribution in [0.2, 0.25) is 0 Å². The Morgan fingerprint density at radius 3 is 1.30 bits per heavy atom. The lowest BCUT2D eigenvalue weighted by molar-refractivity contribution is 0.585. The average Bonchev–Trinajstić information content (AvgIpc) is 1.59. The summed E-state index contributed by atoms with van der Waals surface area (Å²) in [6, 6.07) is 111. The number of hydrogen-bond donors (Lipinski definition) is 0. The summed E-state index contributed by atoms with van der Waals surface area (Å²) in [5, 5.41) is 4.81. The molecular weight excluding hydrogens is 1190 g/mol. The first-order valence-corrected chi connectivity index (χ1v) is 34.3. The predicted molar refractivity (Wildman–Crippen MR) is 416 cm³/mol. The fourth-order valence-corrected chi connectivity index (χ4v) is 16.6. The van der Waals surface area contributed by atoms with Crippen LogP contribution in [0.15, 0.2) is 328 Å². The lowest BCUT2D eigenvalue weighted by Crippen LogP contribution is -2.33. The van der Waals surface area contributed by atoms with E-state index in [1.54, 1.807) is 0 Å². The molecule has 0 spiro atoms. The molecule has 1 unspecified atom stereocenters. The van der Waals surface area contributed by atoms with Crippen molar-refractivity contribution < 1.29 is 0 Å². The second-order valence-electron chi connectivity index (χ2n) is 27.8. The van der Waals surface area contributed by atoms with Crippen molar-refractivity contribution >= 4 is 89.8 Å². The Morgan fingerprint density at radius 1 is 0.347 bits per heavy atom. The number of nitrogens with zero attached hydrogens (tertiary/aromatic N) is 4. The van der Waals surface area contributed by atoms with Crippen LogP contribution in [0.4, 0.5) is 28.4 Å². The first kappa shape index (κ1) is 58.6. The van der Waals surface area contributed by atoms with Crippen molar-refractivity contribution in [1.29, 1.82) is 0 Å². The normalized spacial score (nSPS) is 14.8. The minimum atomic E-state index is -0.183. The molecule has 0 saturated heterocycles. The van der Waals surface area contributed by atoms with Gasteiger partial charge in [0.05, 0.1) is 28.1 Å². The van der Waals surface area contributed by atoms with Gasteiger partial charge in [0, 0.05) is 72.2 Å². The van der Waals surface area contributed by atoms with Gasteiger partial charge in [0.1, 0.15) is 0 Å². The number of anilines is 5. The summed E-state index contributed by atoms with van der Waals surface area (Å²) in [5.74, 6) is 0. The number of fused-ring (bicyclic) bond motifs is 11.